The summed E-state index contributed by atoms with van der Waals surface area (Å²) < 4.78 is 5.15. The van der Waals surface area contributed by atoms with E-state index < -0.39 is 0 Å². The van der Waals surface area contributed by atoms with E-state index in [1.54, 1.807) is 0 Å². The first-order valence-electron chi connectivity index (χ1n) is 9.39. The molecule has 1 aromatic heterocycles. The molecule has 2 rings (SSSR count). The van der Waals surface area contributed by atoms with Gasteiger partial charge in [0.05, 0.1) is 0 Å². The molecule has 0 amide bonds. The summed E-state index contributed by atoms with van der Waals surface area (Å²) in [5.74, 6) is 2.47. The molecule has 0 radical (unpaired) electrons. The number of likely N-dealkylation sites (tertiary alicyclic amines) is 1. The molecule has 0 spiro atoms. The van der Waals surface area contributed by atoms with E-state index in [1.165, 1.54) is 25.7 Å². The molecule has 0 bridgehead atoms. The number of aliphatic imine (C=N–C) groups is 1. The number of nitrogens with one attached hydrogen (secondary N) is 1. The number of hydrogen-bond acceptors (Lipinski definition) is 4. The van der Waals surface area contributed by atoms with Crippen molar-refractivity contribution in [2.45, 2.75) is 66.2 Å². The summed E-state index contributed by atoms with van der Waals surface area (Å²) in [6.07, 6.45) is 6.84. The average Bonchev–Trinajstić information content (AvgIpc) is 2.96. The molecule has 25 heavy (non-hydrogen) atoms. The highest BCUT2D eigenvalue weighted by atomic mass is 127. The van der Waals surface area contributed by atoms with E-state index in [9.17, 15) is 0 Å². The minimum atomic E-state index is 0. The third-order valence-electron chi connectivity index (χ3n) is 4.65. The molecule has 1 aromatic rings. The SMILES string of the molecule is CCCC1(C)CCCN(C(=NCCCc2nc(C)no2)NCC)C1.I. The Labute approximate surface area is 169 Å². The first-order valence-corrected chi connectivity index (χ1v) is 9.39. The lowest BCUT2D eigenvalue weighted by atomic mass is 9.78. The Hall–Kier alpha value is -0.860. The molecule has 6 nitrogen and oxygen atoms in total. The largest absolute Gasteiger partial charge is 0.357 e. The Morgan fingerprint density at radius 3 is 2.84 bits per heavy atom. The van der Waals surface area contributed by atoms with Gasteiger partial charge in [0, 0.05) is 32.6 Å². The van der Waals surface area contributed by atoms with Crippen molar-refractivity contribution < 1.29 is 4.52 Å². The Bertz CT molecular complexity index is 529. The number of aryl methyl sites for hydroxylation is 2. The van der Waals surface area contributed by atoms with Gasteiger partial charge in [0.15, 0.2) is 11.8 Å². The van der Waals surface area contributed by atoms with Crippen LogP contribution in [0.4, 0.5) is 0 Å². The summed E-state index contributed by atoms with van der Waals surface area (Å²) in [4.78, 5) is 11.5. The first-order chi connectivity index (χ1) is 11.6. The van der Waals surface area contributed by atoms with Crippen molar-refractivity contribution in [2.75, 3.05) is 26.2 Å². The van der Waals surface area contributed by atoms with Gasteiger partial charge in [-0.1, -0.05) is 25.4 Å². The van der Waals surface area contributed by atoms with Gasteiger partial charge in [0.25, 0.3) is 0 Å². The fourth-order valence-electron chi connectivity index (χ4n) is 3.59. The zero-order valence-corrected chi connectivity index (χ0v) is 18.5. The van der Waals surface area contributed by atoms with Gasteiger partial charge >= 0.3 is 0 Å². The third kappa shape index (κ3) is 7.11. The van der Waals surface area contributed by atoms with Gasteiger partial charge in [-0.05, 0) is 44.9 Å². The molecule has 1 fully saturated rings. The van der Waals surface area contributed by atoms with Crippen molar-refractivity contribution in [3.8, 4) is 0 Å². The van der Waals surface area contributed by atoms with Gasteiger partial charge in [-0.15, -0.1) is 24.0 Å². The maximum absolute atomic E-state index is 5.15. The third-order valence-corrected chi connectivity index (χ3v) is 4.65. The van der Waals surface area contributed by atoms with Crippen molar-refractivity contribution in [1.82, 2.24) is 20.4 Å². The predicted molar refractivity (Wildman–Crippen MR) is 113 cm³/mol. The van der Waals surface area contributed by atoms with Gasteiger partial charge in [-0.25, -0.2) is 0 Å². The van der Waals surface area contributed by atoms with E-state index in [1.807, 2.05) is 6.92 Å². The van der Waals surface area contributed by atoms with Gasteiger partial charge in [-0.2, -0.15) is 4.98 Å². The Kier molecular flexibility index (Phi) is 9.74. The van der Waals surface area contributed by atoms with Crippen LogP contribution in [0.2, 0.25) is 0 Å². The molecular weight excluding hydrogens is 429 g/mol. The molecule has 0 aliphatic carbocycles. The Morgan fingerprint density at radius 1 is 1.40 bits per heavy atom. The van der Waals surface area contributed by atoms with E-state index in [2.05, 4.69) is 41.1 Å². The van der Waals surface area contributed by atoms with Gasteiger partial charge in [-0.3, -0.25) is 4.99 Å². The number of guanidine groups is 1. The van der Waals surface area contributed by atoms with Crippen molar-refractivity contribution in [3.63, 3.8) is 0 Å². The second-order valence-corrected chi connectivity index (χ2v) is 7.16. The first kappa shape index (κ1) is 22.2. The van der Waals surface area contributed by atoms with Crippen LogP contribution in [0.3, 0.4) is 0 Å². The molecular formula is C18H34IN5O. The fourth-order valence-corrected chi connectivity index (χ4v) is 3.59. The molecule has 1 aliphatic heterocycles. The van der Waals surface area contributed by atoms with E-state index in [0.717, 1.165) is 45.0 Å². The molecule has 0 aromatic carbocycles. The maximum Gasteiger partial charge on any atom is 0.226 e. The van der Waals surface area contributed by atoms with Crippen molar-refractivity contribution in [3.05, 3.63) is 11.7 Å². The van der Waals surface area contributed by atoms with Crippen LogP contribution >= 0.6 is 24.0 Å². The highest BCUT2D eigenvalue weighted by molar-refractivity contribution is 14.0. The van der Waals surface area contributed by atoms with E-state index >= 15 is 0 Å². The molecule has 144 valence electrons. The summed E-state index contributed by atoms with van der Waals surface area (Å²) in [6.45, 7) is 12.6. The van der Waals surface area contributed by atoms with Crippen molar-refractivity contribution in [1.29, 1.82) is 0 Å². The smallest absolute Gasteiger partial charge is 0.226 e. The molecule has 2 heterocycles. The summed E-state index contributed by atoms with van der Waals surface area (Å²) in [5, 5.41) is 7.28. The highest BCUT2D eigenvalue weighted by Crippen LogP contribution is 2.33. The highest BCUT2D eigenvalue weighted by Gasteiger charge is 2.31. The number of aromatic nitrogens is 2. The van der Waals surface area contributed by atoms with Crippen LogP contribution in [0, 0.1) is 12.3 Å². The van der Waals surface area contributed by atoms with E-state index in [4.69, 9.17) is 9.52 Å². The van der Waals surface area contributed by atoms with Crippen LogP contribution in [0.15, 0.2) is 9.52 Å². The molecule has 1 atom stereocenters. The van der Waals surface area contributed by atoms with Gasteiger partial charge < -0.3 is 14.7 Å². The fraction of sp³-hybridized carbons (Fsp3) is 0.833. The maximum atomic E-state index is 5.15. The lowest BCUT2D eigenvalue weighted by molar-refractivity contribution is 0.142. The monoisotopic (exact) mass is 463 g/mol. The van der Waals surface area contributed by atoms with Crippen LogP contribution in [0.5, 0.6) is 0 Å². The lowest BCUT2D eigenvalue weighted by Gasteiger charge is -2.42. The number of nitrogens with zero attached hydrogens (tertiary/aromatic N) is 4. The van der Waals surface area contributed by atoms with Gasteiger partial charge in [0.2, 0.25) is 5.89 Å². The quantitative estimate of drug-likeness (QED) is 0.289. The summed E-state index contributed by atoms with van der Waals surface area (Å²) in [5.41, 5.74) is 0.421. The second-order valence-electron chi connectivity index (χ2n) is 7.16. The van der Waals surface area contributed by atoms with Crippen LogP contribution in [0.25, 0.3) is 0 Å². The van der Waals surface area contributed by atoms with Crippen LogP contribution in [-0.2, 0) is 6.42 Å². The van der Waals surface area contributed by atoms with Gasteiger partial charge in [0.1, 0.15) is 0 Å². The Balaban J connectivity index is 0.00000312. The molecule has 1 aliphatic rings. The topological polar surface area (TPSA) is 66.5 Å². The number of piperidine rings is 1. The van der Waals surface area contributed by atoms with E-state index in [0.29, 0.717) is 17.1 Å². The number of halogens is 1. The number of rotatable bonds is 7. The summed E-state index contributed by atoms with van der Waals surface area (Å²) >= 11 is 0. The molecule has 0 saturated carbocycles. The second kappa shape index (κ2) is 11.0. The minimum absolute atomic E-state index is 0. The van der Waals surface area contributed by atoms with Crippen LogP contribution in [-0.4, -0.2) is 47.2 Å². The molecule has 1 N–H and O–H groups in total. The lowest BCUT2D eigenvalue weighted by Crippen LogP contribution is -2.49. The summed E-state index contributed by atoms with van der Waals surface area (Å²) in [6, 6.07) is 0. The number of hydrogen-bond donors (Lipinski definition) is 1. The van der Waals surface area contributed by atoms with Crippen LogP contribution < -0.4 is 5.32 Å². The van der Waals surface area contributed by atoms with Crippen molar-refractivity contribution >= 4 is 29.9 Å². The molecule has 7 heteroatoms. The Morgan fingerprint density at radius 2 is 2.20 bits per heavy atom. The predicted octanol–water partition coefficient (Wildman–Crippen LogP) is 3.80. The van der Waals surface area contributed by atoms with Crippen LogP contribution in [0.1, 0.15) is 64.6 Å². The summed E-state index contributed by atoms with van der Waals surface area (Å²) in [7, 11) is 0. The molecule has 1 saturated heterocycles. The average molecular weight is 463 g/mol. The molecule has 1 unspecified atom stereocenters. The normalized spacial score (nSPS) is 21.1. The standard InChI is InChI=1S/C18H33N5O.HI/c1-5-10-18(4)11-8-13-23(14-18)17(19-6-2)20-12-7-9-16-21-15(3)22-24-16;/h5-14H2,1-4H3,(H,19,20);1H. The minimum Gasteiger partial charge on any atom is -0.357 e. The zero-order valence-electron chi connectivity index (χ0n) is 16.2. The van der Waals surface area contributed by atoms with Crippen molar-refractivity contribution in [2.24, 2.45) is 10.4 Å². The van der Waals surface area contributed by atoms with E-state index in [-0.39, 0.29) is 24.0 Å². The zero-order chi connectivity index (χ0) is 17.4.